The summed E-state index contributed by atoms with van der Waals surface area (Å²) in [4.78, 5) is 14.2. The third-order valence-electron chi connectivity index (χ3n) is 5.09. The van der Waals surface area contributed by atoms with Crippen LogP contribution in [0.2, 0.25) is 0 Å². The van der Waals surface area contributed by atoms with Crippen LogP contribution in [0.1, 0.15) is 18.4 Å². The van der Waals surface area contributed by atoms with Crippen LogP contribution < -0.4 is 14.8 Å². The van der Waals surface area contributed by atoms with Crippen molar-refractivity contribution in [3.05, 3.63) is 59.9 Å². The molecule has 1 aliphatic rings. The molecule has 1 aliphatic heterocycles. The number of anilines is 1. The molecule has 3 rings (SSSR count). The second kappa shape index (κ2) is 9.90. The Morgan fingerprint density at radius 3 is 2.60 bits per heavy atom. The molecule has 0 atom stereocenters. The summed E-state index contributed by atoms with van der Waals surface area (Å²) in [6, 6.07) is 12.6. The third-order valence-corrected chi connectivity index (χ3v) is 6.41. The molecule has 0 bridgehead atoms. The van der Waals surface area contributed by atoms with E-state index >= 15 is 0 Å². The summed E-state index contributed by atoms with van der Waals surface area (Å²) in [6.07, 6.45) is 1.39. The predicted octanol–water partition coefficient (Wildman–Crippen LogP) is 3.20. The molecule has 0 unspecified atom stereocenters. The molecule has 0 radical (unpaired) electrons. The van der Waals surface area contributed by atoms with E-state index in [0.29, 0.717) is 49.5 Å². The van der Waals surface area contributed by atoms with Gasteiger partial charge in [0.25, 0.3) is 0 Å². The molecule has 7 nitrogen and oxygen atoms in total. The van der Waals surface area contributed by atoms with Crippen LogP contribution in [-0.4, -0.2) is 46.1 Å². The van der Waals surface area contributed by atoms with E-state index in [-0.39, 0.29) is 17.7 Å². The largest absolute Gasteiger partial charge is 0.495 e. The number of carbonyl (C=O) groups is 1. The highest BCUT2D eigenvalue weighted by molar-refractivity contribution is 7.88. The number of amides is 2. The molecular weight excluding hydrogens is 409 g/mol. The molecule has 162 valence electrons. The van der Waals surface area contributed by atoms with Crippen molar-refractivity contribution >= 4 is 21.7 Å². The Bertz CT molecular complexity index is 976. The van der Waals surface area contributed by atoms with E-state index in [0.717, 1.165) is 0 Å². The number of nitrogens with zero attached hydrogens (tertiary/aromatic N) is 1. The lowest BCUT2D eigenvalue weighted by atomic mass is 9.97. The fourth-order valence-electron chi connectivity index (χ4n) is 3.42. The van der Waals surface area contributed by atoms with Gasteiger partial charge in [-0.3, -0.25) is 0 Å². The van der Waals surface area contributed by atoms with Gasteiger partial charge in [0.1, 0.15) is 11.6 Å². The highest BCUT2D eigenvalue weighted by Crippen LogP contribution is 2.24. The fraction of sp³-hybridized carbons (Fsp3) is 0.381. The van der Waals surface area contributed by atoms with Crippen LogP contribution in [0.15, 0.2) is 48.5 Å². The minimum atomic E-state index is -3.55. The molecule has 2 amide bonds. The number of carbonyl (C=O) groups excluding carboxylic acids is 1. The molecule has 30 heavy (non-hydrogen) atoms. The van der Waals surface area contributed by atoms with E-state index in [9.17, 15) is 17.6 Å². The molecule has 1 saturated heterocycles. The maximum Gasteiger partial charge on any atom is 0.321 e. The summed E-state index contributed by atoms with van der Waals surface area (Å²) in [5.41, 5.74) is 1.02. The number of ether oxygens (including phenoxy) is 1. The fourth-order valence-corrected chi connectivity index (χ4v) is 4.63. The standard InChI is InChI=1S/C21H26FN3O4S/c1-29-20-8-3-2-7-19(20)24-21(26)25-11-9-16(10-12-25)14-23-30(27,28)15-17-5-4-6-18(22)13-17/h2-8,13,16,23H,9-12,14-15H2,1H3,(H,24,26). The first-order valence-corrected chi connectivity index (χ1v) is 11.4. The molecule has 1 fully saturated rings. The maximum absolute atomic E-state index is 13.2. The minimum absolute atomic E-state index is 0.141. The Balaban J connectivity index is 1.45. The zero-order valence-electron chi connectivity index (χ0n) is 16.8. The van der Waals surface area contributed by atoms with Crippen molar-refractivity contribution in [1.29, 1.82) is 0 Å². The zero-order valence-corrected chi connectivity index (χ0v) is 17.6. The topological polar surface area (TPSA) is 87.7 Å². The Hall–Kier alpha value is -2.65. The van der Waals surface area contributed by atoms with Gasteiger partial charge in [-0.2, -0.15) is 0 Å². The molecule has 1 heterocycles. The van der Waals surface area contributed by atoms with E-state index in [4.69, 9.17) is 4.74 Å². The van der Waals surface area contributed by atoms with Crippen molar-refractivity contribution in [2.45, 2.75) is 18.6 Å². The number of methoxy groups -OCH3 is 1. The first-order valence-electron chi connectivity index (χ1n) is 9.77. The summed E-state index contributed by atoms with van der Waals surface area (Å²) in [5.74, 6) is 0.0165. The first kappa shape index (κ1) is 22.0. The van der Waals surface area contributed by atoms with Crippen LogP contribution in [0.25, 0.3) is 0 Å². The lowest BCUT2D eigenvalue weighted by Gasteiger charge is -2.32. The van der Waals surface area contributed by atoms with Crippen LogP contribution >= 0.6 is 0 Å². The number of urea groups is 1. The highest BCUT2D eigenvalue weighted by Gasteiger charge is 2.24. The van der Waals surface area contributed by atoms with E-state index in [1.54, 1.807) is 30.2 Å². The lowest BCUT2D eigenvalue weighted by molar-refractivity contribution is 0.183. The smallest absolute Gasteiger partial charge is 0.321 e. The number of rotatable bonds is 7. The average Bonchev–Trinajstić information content (AvgIpc) is 2.73. The second-order valence-corrected chi connectivity index (χ2v) is 9.11. The molecule has 0 saturated carbocycles. The van der Waals surface area contributed by atoms with Crippen molar-refractivity contribution in [3.63, 3.8) is 0 Å². The van der Waals surface area contributed by atoms with Gasteiger partial charge in [0, 0.05) is 19.6 Å². The zero-order chi connectivity index (χ0) is 21.6. The van der Waals surface area contributed by atoms with Crippen LogP contribution in [0.4, 0.5) is 14.9 Å². The number of likely N-dealkylation sites (tertiary alicyclic amines) is 1. The number of halogens is 1. The quantitative estimate of drug-likeness (QED) is 0.699. The van der Waals surface area contributed by atoms with E-state index in [1.807, 2.05) is 12.1 Å². The number of para-hydroxylation sites is 2. The Kier molecular flexibility index (Phi) is 7.28. The summed E-state index contributed by atoms with van der Waals surface area (Å²) < 4.78 is 45.6. The van der Waals surface area contributed by atoms with E-state index in [1.165, 1.54) is 18.2 Å². The van der Waals surface area contributed by atoms with Crippen LogP contribution in [0.5, 0.6) is 5.75 Å². The van der Waals surface area contributed by atoms with Gasteiger partial charge in [0.15, 0.2) is 0 Å². The number of hydrogen-bond acceptors (Lipinski definition) is 4. The molecule has 0 spiro atoms. The van der Waals surface area contributed by atoms with Gasteiger partial charge in [0.05, 0.1) is 18.6 Å². The molecule has 2 aromatic rings. The van der Waals surface area contributed by atoms with Gasteiger partial charge in [0.2, 0.25) is 10.0 Å². The van der Waals surface area contributed by atoms with Gasteiger partial charge < -0.3 is 15.0 Å². The van der Waals surface area contributed by atoms with Gasteiger partial charge in [-0.05, 0) is 48.6 Å². The summed E-state index contributed by atoms with van der Waals surface area (Å²) in [6.45, 7) is 1.38. The Morgan fingerprint density at radius 1 is 1.17 bits per heavy atom. The van der Waals surface area contributed by atoms with E-state index in [2.05, 4.69) is 10.0 Å². The van der Waals surface area contributed by atoms with Gasteiger partial charge in [-0.25, -0.2) is 22.3 Å². The second-order valence-electron chi connectivity index (χ2n) is 7.30. The molecule has 0 aromatic heterocycles. The number of nitrogens with one attached hydrogen (secondary N) is 2. The molecule has 2 aromatic carbocycles. The molecular formula is C21H26FN3O4S. The highest BCUT2D eigenvalue weighted by atomic mass is 32.2. The van der Waals surface area contributed by atoms with Crippen LogP contribution in [0.3, 0.4) is 0 Å². The Labute approximate surface area is 176 Å². The van der Waals surface area contributed by atoms with Crippen molar-refractivity contribution in [1.82, 2.24) is 9.62 Å². The number of benzene rings is 2. The van der Waals surface area contributed by atoms with Crippen LogP contribution in [0, 0.1) is 11.7 Å². The normalized spacial score (nSPS) is 15.1. The van der Waals surface area contributed by atoms with Crippen molar-refractivity contribution in [2.75, 3.05) is 32.1 Å². The molecule has 0 aliphatic carbocycles. The summed E-state index contributed by atoms with van der Waals surface area (Å²) in [5, 5.41) is 2.85. The van der Waals surface area contributed by atoms with Crippen molar-refractivity contribution < 1.29 is 22.3 Å². The third kappa shape index (κ3) is 6.17. The maximum atomic E-state index is 13.2. The van der Waals surface area contributed by atoms with Crippen molar-refractivity contribution in [3.8, 4) is 5.75 Å². The Morgan fingerprint density at radius 2 is 1.90 bits per heavy atom. The monoisotopic (exact) mass is 435 g/mol. The minimum Gasteiger partial charge on any atom is -0.495 e. The first-order chi connectivity index (χ1) is 14.4. The number of hydrogen-bond donors (Lipinski definition) is 2. The lowest BCUT2D eigenvalue weighted by Crippen LogP contribution is -2.43. The molecule has 2 N–H and O–H groups in total. The molecule has 9 heteroatoms. The van der Waals surface area contributed by atoms with Gasteiger partial charge in [-0.15, -0.1) is 0 Å². The van der Waals surface area contributed by atoms with Gasteiger partial charge in [-0.1, -0.05) is 24.3 Å². The number of sulfonamides is 1. The van der Waals surface area contributed by atoms with E-state index < -0.39 is 15.8 Å². The SMILES string of the molecule is COc1ccccc1NC(=O)N1CCC(CNS(=O)(=O)Cc2cccc(F)c2)CC1. The van der Waals surface area contributed by atoms with Crippen molar-refractivity contribution in [2.24, 2.45) is 5.92 Å². The van der Waals surface area contributed by atoms with Gasteiger partial charge >= 0.3 is 6.03 Å². The predicted molar refractivity (Wildman–Crippen MR) is 113 cm³/mol. The summed E-state index contributed by atoms with van der Waals surface area (Å²) in [7, 11) is -2.01. The summed E-state index contributed by atoms with van der Waals surface area (Å²) >= 11 is 0. The average molecular weight is 436 g/mol. The van der Waals surface area contributed by atoms with Crippen LogP contribution in [-0.2, 0) is 15.8 Å². The number of piperidine rings is 1.